The van der Waals surface area contributed by atoms with Crippen molar-refractivity contribution in [3.8, 4) is 0 Å². The van der Waals surface area contributed by atoms with E-state index >= 15 is 0 Å². The lowest BCUT2D eigenvalue weighted by Crippen LogP contribution is -2.39. The average molecular weight is 327 g/mol. The lowest BCUT2D eigenvalue weighted by Gasteiger charge is -2.25. The number of hydrogen-bond acceptors (Lipinski definition) is 3. The minimum atomic E-state index is -4.61. The Labute approximate surface area is 126 Å². The maximum atomic E-state index is 12.9. The molecule has 21 heavy (non-hydrogen) atoms. The number of carbonyl (C=O) groups excluding carboxylic acids is 1. The molecule has 3 atom stereocenters. The third-order valence-corrected chi connectivity index (χ3v) is 5.00. The Morgan fingerprint density at radius 2 is 1.90 bits per heavy atom. The first-order valence-electron chi connectivity index (χ1n) is 6.79. The fourth-order valence-electron chi connectivity index (χ4n) is 2.47. The molecule has 1 rings (SSSR count). The summed E-state index contributed by atoms with van der Waals surface area (Å²) >= 11 is 1.38. The zero-order valence-corrected chi connectivity index (χ0v) is 13.0. The van der Waals surface area contributed by atoms with Crippen molar-refractivity contribution in [2.24, 2.45) is 17.8 Å². The molecule has 0 radical (unpaired) electrons. The average Bonchev–Trinajstić information content (AvgIpc) is 2.79. The molecule has 0 aromatic heterocycles. The van der Waals surface area contributed by atoms with E-state index in [2.05, 4.69) is 0 Å². The Balaban J connectivity index is 2.90. The number of thioether (sulfide) groups is 1. The summed E-state index contributed by atoms with van der Waals surface area (Å²) in [5, 5.41) is 8.52. The van der Waals surface area contributed by atoms with Crippen molar-refractivity contribution >= 4 is 23.6 Å². The van der Waals surface area contributed by atoms with E-state index in [1.807, 2.05) is 20.8 Å². The SMILES string of the molecule is CCSC(C(=O)N1C[C@@H](C(F)(F)F)[C@H](C(=O)O)C1)C(C)C. The summed E-state index contributed by atoms with van der Waals surface area (Å²) in [6, 6.07) is 0. The van der Waals surface area contributed by atoms with Crippen LogP contribution in [-0.2, 0) is 9.59 Å². The first-order valence-corrected chi connectivity index (χ1v) is 7.84. The summed E-state index contributed by atoms with van der Waals surface area (Å²) in [6.45, 7) is 4.60. The Hall–Kier alpha value is -0.920. The minimum Gasteiger partial charge on any atom is -0.481 e. The summed E-state index contributed by atoms with van der Waals surface area (Å²) < 4.78 is 38.7. The predicted molar refractivity (Wildman–Crippen MR) is 74.0 cm³/mol. The molecule has 0 aromatic carbocycles. The van der Waals surface area contributed by atoms with Crippen molar-refractivity contribution in [1.29, 1.82) is 0 Å². The molecule has 1 amide bonds. The summed E-state index contributed by atoms with van der Waals surface area (Å²) in [5.74, 6) is -4.80. The largest absolute Gasteiger partial charge is 0.481 e. The number of nitrogens with zero attached hydrogens (tertiary/aromatic N) is 1. The smallest absolute Gasteiger partial charge is 0.394 e. The van der Waals surface area contributed by atoms with E-state index in [-0.39, 0.29) is 12.5 Å². The number of aliphatic carboxylic acids is 1. The van der Waals surface area contributed by atoms with E-state index < -0.39 is 41.7 Å². The van der Waals surface area contributed by atoms with Crippen LogP contribution in [0.5, 0.6) is 0 Å². The highest BCUT2D eigenvalue weighted by atomic mass is 32.2. The third-order valence-electron chi connectivity index (χ3n) is 3.56. The van der Waals surface area contributed by atoms with Gasteiger partial charge in [-0.1, -0.05) is 20.8 Å². The van der Waals surface area contributed by atoms with Gasteiger partial charge in [0, 0.05) is 13.1 Å². The molecule has 0 bridgehead atoms. The standard InChI is InChI=1S/C13H20F3NO3S/c1-4-21-10(7(2)3)11(18)17-5-8(12(19)20)9(6-17)13(14,15)16/h7-10H,4-6H2,1-3H3,(H,19,20)/t8-,9-,10?/m1/s1. The molecule has 1 aliphatic heterocycles. The number of rotatable bonds is 5. The molecule has 0 spiro atoms. The molecule has 0 aliphatic carbocycles. The fraction of sp³-hybridized carbons (Fsp3) is 0.846. The van der Waals surface area contributed by atoms with Crippen LogP contribution in [0.3, 0.4) is 0 Å². The highest BCUT2D eigenvalue weighted by Gasteiger charge is 2.54. The lowest BCUT2D eigenvalue weighted by atomic mass is 9.96. The predicted octanol–water partition coefficient (Wildman–Crippen LogP) is 2.49. The Morgan fingerprint density at radius 3 is 2.24 bits per heavy atom. The second-order valence-corrected chi connectivity index (χ2v) is 6.87. The van der Waals surface area contributed by atoms with Crippen LogP contribution in [0, 0.1) is 17.8 Å². The Kier molecular flexibility index (Phi) is 5.95. The molecule has 4 nitrogen and oxygen atoms in total. The zero-order valence-electron chi connectivity index (χ0n) is 12.2. The van der Waals surface area contributed by atoms with Crippen molar-refractivity contribution in [3.05, 3.63) is 0 Å². The van der Waals surface area contributed by atoms with Gasteiger partial charge in [-0.25, -0.2) is 0 Å². The second kappa shape index (κ2) is 6.89. The van der Waals surface area contributed by atoms with Gasteiger partial charge in [0.05, 0.1) is 17.1 Å². The van der Waals surface area contributed by atoms with Gasteiger partial charge in [0.2, 0.25) is 5.91 Å². The molecule has 122 valence electrons. The van der Waals surface area contributed by atoms with Crippen molar-refractivity contribution in [3.63, 3.8) is 0 Å². The van der Waals surface area contributed by atoms with Crippen LogP contribution in [0.1, 0.15) is 20.8 Å². The van der Waals surface area contributed by atoms with Gasteiger partial charge in [-0.15, -0.1) is 11.8 Å². The number of alkyl halides is 3. The molecule has 1 heterocycles. The minimum absolute atomic E-state index is 0.0179. The van der Waals surface area contributed by atoms with Crippen LogP contribution < -0.4 is 0 Å². The number of carboxylic acid groups (broad SMARTS) is 1. The topological polar surface area (TPSA) is 57.6 Å². The monoisotopic (exact) mass is 327 g/mol. The van der Waals surface area contributed by atoms with Crippen LogP contribution in [0.15, 0.2) is 0 Å². The van der Waals surface area contributed by atoms with Crippen LogP contribution in [-0.4, -0.2) is 52.2 Å². The number of likely N-dealkylation sites (tertiary alicyclic amines) is 1. The molecule has 0 saturated carbocycles. The molecule has 1 aliphatic rings. The first-order chi connectivity index (χ1) is 9.59. The molecular formula is C13H20F3NO3S. The molecule has 1 saturated heterocycles. The van der Waals surface area contributed by atoms with E-state index in [0.717, 1.165) is 4.90 Å². The van der Waals surface area contributed by atoms with Crippen molar-refractivity contribution in [2.75, 3.05) is 18.8 Å². The van der Waals surface area contributed by atoms with Crippen LogP contribution >= 0.6 is 11.8 Å². The molecule has 8 heteroatoms. The van der Waals surface area contributed by atoms with Gasteiger partial charge in [0.1, 0.15) is 0 Å². The summed E-state index contributed by atoms with van der Waals surface area (Å²) in [6.07, 6.45) is -4.61. The van der Waals surface area contributed by atoms with Crippen LogP contribution in [0.4, 0.5) is 13.2 Å². The van der Waals surface area contributed by atoms with Crippen molar-refractivity contribution < 1.29 is 27.9 Å². The highest BCUT2D eigenvalue weighted by molar-refractivity contribution is 8.00. The van der Waals surface area contributed by atoms with E-state index in [1.54, 1.807) is 0 Å². The number of carboxylic acids is 1. The van der Waals surface area contributed by atoms with Gasteiger partial charge in [0.15, 0.2) is 0 Å². The second-order valence-electron chi connectivity index (χ2n) is 5.46. The van der Waals surface area contributed by atoms with Crippen LogP contribution in [0.25, 0.3) is 0 Å². The van der Waals surface area contributed by atoms with E-state index in [0.29, 0.717) is 5.75 Å². The summed E-state index contributed by atoms with van der Waals surface area (Å²) in [4.78, 5) is 24.4. The molecule has 1 fully saturated rings. The van der Waals surface area contributed by atoms with Crippen LogP contribution in [0.2, 0.25) is 0 Å². The fourth-order valence-corrected chi connectivity index (χ4v) is 3.51. The summed E-state index contributed by atoms with van der Waals surface area (Å²) in [7, 11) is 0. The normalized spacial score (nSPS) is 24.4. The van der Waals surface area contributed by atoms with Crippen molar-refractivity contribution in [1.82, 2.24) is 4.90 Å². The summed E-state index contributed by atoms with van der Waals surface area (Å²) in [5.41, 5.74) is 0. The van der Waals surface area contributed by atoms with Gasteiger partial charge in [0.25, 0.3) is 0 Å². The Morgan fingerprint density at radius 1 is 1.33 bits per heavy atom. The van der Waals surface area contributed by atoms with Gasteiger partial charge in [-0.05, 0) is 11.7 Å². The van der Waals surface area contributed by atoms with Crippen molar-refractivity contribution in [2.45, 2.75) is 32.2 Å². The first kappa shape index (κ1) is 18.1. The van der Waals surface area contributed by atoms with Gasteiger partial charge < -0.3 is 10.0 Å². The lowest BCUT2D eigenvalue weighted by molar-refractivity contribution is -0.188. The molecular weight excluding hydrogens is 307 g/mol. The Bertz CT molecular complexity index is 401. The van der Waals surface area contributed by atoms with Gasteiger partial charge >= 0.3 is 12.1 Å². The number of hydrogen-bond donors (Lipinski definition) is 1. The van der Waals surface area contributed by atoms with Gasteiger partial charge in [-0.3, -0.25) is 9.59 Å². The van der Waals surface area contributed by atoms with E-state index in [1.165, 1.54) is 11.8 Å². The molecule has 1 N–H and O–H groups in total. The maximum absolute atomic E-state index is 12.9. The van der Waals surface area contributed by atoms with E-state index in [9.17, 15) is 22.8 Å². The van der Waals surface area contributed by atoms with Gasteiger partial charge in [-0.2, -0.15) is 13.2 Å². The zero-order chi connectivity index (χ0) is 16.4. The number of carbonyl (C=O) groups is 2. The number of halogens is 3. The highest BCUT2D eigenvalue weighted by Crippen LogP contribution is 2.38. The quantitative estimate of drug-likeness (QED) is 0.843. The molecule has 1 unspecified atom stereocenters. The van der Waals surface area contributed by atoms with E-state index in [4.69, 9.17) is 5.11 Å². The molecule has 0 aromatic rings. The number of amides is 1. The maximum Gasteiger partial charge on any atom is 0.394 e. The third kappa shape index (κ3) is 4.28.